The van der Waals surface area contributed by atoms with Crippen molar-refractivity contribution < 1.29 is 0 Å². The van der Waals surface area contributed by atoms with E-state index in [-0.39, 0.29) is 0 Å². The first-order valence-electron chi connectivity index (χ1n) is 5.86. The van der Waals surface area contributed by atoms with Crippen LogP contribution in [0.2, 0.25) is 0 Å². The van der Waals surface area contributed by atoms with Crippen LogP contribution < -0.4 is 5.73 Å². The first-order chi connectivity index (χ1) is 7.66. The zero-order chi connectivity index (χ0) is 11.5. The van der Waals surface area contributed by atoms with Crippen LogP contribution in [0.15, 0.2) is 28.7 Å². The summed E-state index contributed by atoms with van der Waals surface area (Å²) >= 11 is 3.47. The zero-order valence-corrected chi connectivity index (χ0v) is 11.3. The molecular formula is C13H19BrN2. The molecule has 2 rings (SSSR count). The van der Waals surface area contributed by atoms with Gasteiger partial charge in [0, 0.05) is 16.4 Å². The third kappa shape index (κ3) is 2.84. The summed E-state index contributed by atoms with van der Waals surface area (Å²) < 4.78 is 1.13. The lowest BCUT2D eigenvalue weighted by atomic mass is 9.88. The van der Waals surface area contributed by atoms with Gasteiger partial charge in [0.05, 0.1) is 0 Å². The molecule has 2 N–H and O–H groups in total. The molecule has 88 valence electrons. The molecule has 16 heavy (non-hydrogen) atoms. The van der Waals surface area contributed by atoms with E-state index in [1.54, 1.807) is 0 Å². The smallest absolute Gasteiger partial charge is 0.0175 e. The van der Waals surface area contributed by atoms with Gasteiger partial charge in [0.15, 0.2) is 0 Å². The number of nitrogens with zero attached hydrogens (tertiary/aromatic N) is 1. The fourth-order valence-corrected chi connectivity index (χ4v) is 2.64. The molecule has 2 unspecified atom stereocenters. The van der Waals surface area contributed by atoms with E-state index in [0.717, 1.165) is 24.0 Å². The van der Waals surface area contributed by atoms with Gasteiger partial charge < -0.3 is 10.6 Å². The SMILES string of the molecule is CN1CCC(N)C(c2ccc(Br)cc2)CC1. The summed E-state index contributed by atoms with van der Waals surface area (Å²) in [5.74, 6) is 0.512. The molecule has 0 amide bonds. The van der Waals surface area contributed by atoms with Gasteiger partial charge in [-0.15, -0.1) is 0 Å². The molecule has 1 saturated heterocycles. The van der Waals surface area contributed by atoms with E-state index in [0.29, 0.717) is 12.0 Å². The Balaban J connectivity index is 2.15. The molecule has 1 heterocycles. The van der Waals surface area contributed by atoms with E-state index >= 15 is 0 Å². The first kappa shape index (κ1) is 12.1. The number of likely N-dealkylation sites (tertiary alicyclic amines) is 1. The number of hydrogen-bond acceptors (Lipinski definition) is 2. The van der Waals surface area contributed by atoms with Gasteiger partial charge in [-0.25, -0.2) is 0 Å². The number of nitrogens with two attached hydrogens (primary N) is 1. The molecule has 0 radical (unpaired) electrons. The fourth-order valence-electron chi connectivity index (χ4n) is 2.38. The second-order valence-electron chi connectivity index (χ2n) is 4.70. The minimum absolute atomic E-state index is 0.297. The van der Waals surface area contributed by atoms with Crippen molar-refractivity contribution in [2.24, 2.45) is 5.73 Å². The van der Waals surface area contributed by atoms with Crippen molar-refractivity contribution in [2.75, 3.05) is 20.1 Å². The van der Waals surface area contributed by atoms with Gasteiger partial charge in [-0.05, 0) is 50.7 Å². The Morgan fingerprint density at radius 1 is 1.19 bits per heavy atom. The monoisotopic (exact) mass is 282 g/mol. The summed E-state index contributed by atoms with van der Waals surface area (Å²) in [5, 5.41) is 0. The average molecular weight is 283 g/mol. The van der Waals surface area contributed by atoms with E-state index in [2.05, 4.69) is 52.1 Å². The van der Waals surface area contributed by atoms with Crippen molar-refractivity contribution in [1.29, 1.82) is 0 Å². The number of rotatable bonds is 1. The maximum atomic E-state index is 6.27. The summed E-state index contributed by atoms with van der Waals surface area (Å²) in [6, 6.07) is 8.90. The molecule has 1 aromatic carbocycles. The lowest BCUT2D eigenvalue weighted by Crippen LogP contribution is -2.28. The molecule has 0 spiro atoms. The van der Waals surface area contributed by atoms with Gasteiger partial charge in [0.2, 0.25) is 0 Å². The standard InChI is InChI=1S/C13H19BrN2/c1-16-8-6-12(13(15)7-9-16)10-2-4-11(14)5-3-10/h2-5,12-13H,6-9,15H2,1H3. The van der Waals surface area contributed by atoms with Crippen molar-refractivity contribution in [3.63, 3.8) is 0 Å². The minimum Gasteiger partial charge on any atom is -0.327 e. The lowest BCUT2D eigenvalue weighted by Gasteiger charge is -2.21. The quantitative estimate of drug-likeness (QED) is 0.858. The highest BCUT2D eigenvalue weighted by molar-refractivity contribution is 9.10. The molecule has 0 bridgehead atoms. The predicted octanol–water partition coefficient (Wildman–Crippen LogP) is 2.59. The van der Waals surface area contributed by atoms with Crippen molar-refractivity contribution in [1.82, 2.24) is 4.90 Å². The van der Waals surface area contributed by atoms with Crippen LogP contribution in [0.4, 0.5) is 0 Å². The molecule has 1 fully saturated rings. The van der Waals surface area contributed by atoms with Crippen LogP contribution in [0.5, 0.6) is 0 Å². The first-order valence-corrected chi connectivity index (χ1v) is 6.65. The van der Waals surface area contributed by atoms with Crippen LogP contribution in [-0.4, -0.2) is 31.1 Å². The predicted molar refractivity (Wildman–Crippen MR) is 71.6 cm³/mol. The molecule has 2 atom stereocenters. The second kappa shape index (κ2) is 5.30. The summed E-state index contributed by atoms with van der Waals surface area (Å²) in [6.07, 6.45) is 2.26. The van der Waals surface area contributed by atoms with Crippen LogP contribution >= 0.6 is 15.9 Å². The number of benzene rings is 1. The van der Waals surface area contributed by atoms with E-state index in [1.807, 2.05) is 0 Å². The Bertz CT molecular complexity index is 336. The number of halogens is 1. The fraction of sp³-hybridized carbons (Fsp3) is 0.538. The Morgan fingerprint density at radius 3 is 2.50 bits per heavy atom. The van der Waals surface area contributed by atoms with Gasteiger partial charge in [-0.1, -0.05) is 28.1 Å². The van der Waals surface area contributed by atoms with Crippen LogP contribution in [0.25, 0.3) is 0 Å². The summed E-state index contributed by atoms with van der Waals surface area (Å²) in [5.41, 5.74) is 7.65. The molecule has 1 aliphatic heterocycles. The Labute approximate surface area is 106 Å². The molecule has 3 heteroatoms. The maximum Gasteiger partial charge on any atom is 0.0175 e. The Morgan fingerprint density at radius 2 is 1.81 bits per heavy atom. The van der Waals surface area contributed by atoms with Crippen molar-refractivity contribution in [3.8, 4) is 0 Å². The van der Waals surface area contributed by atoms with Crippen LogP contribution in [0, 0.1) is 0 Å². The van der Waals surface area contributed by atoms with Crippen LogP contribution in [0.1, 0.15) is 24.3 Å². The summed E-state index contributed by atoms with van der Waals surface area (Å²) in [7, 11) is 2.18. The van der Waals surface area contributed by atoms with Gasteiger partial charge in [-0.2, -0.15) is 0 Å². The molecule has 0 aromatic heterocycles. The van der Waals surface area contributed by atoms with E-state index < -0.39 is 0 Å². The molecular weight excluding hydrogens is 264 g/mol. The molecule has 1 aromatic rings. The largest absolute Gasteiger partial charge is 0.327 e. The highest BCUT2D eigenvalue weighted by atomic mass is 79.9. The summed E-state index contributed by atoms with van der Waals surface area (Å²) in [6.45, 7) is 2.27. The Kier molecular flexibility index (Phi) is 4.00. The highest BCUT2D eigenvalue weighted by Crippen LogP contribution is 2.27. The second-order valence-corrected chi connectivity index (χ2v) is 5.62. The summed E-state index contributed by atoms with van der Waals surface area (Å²) in [4.78, 5) is 2.37. The minimum atomic E-state index is 0.297. The van der Waals surface area contributed by atoms with Gasteiger partial charge >= 0.3 is 0 Å². The third-order valence-electron chi connectivity index (χ3n) is 3.48. The average Bonchev–Trinajstić information content (AvgIpc) is 2.44. The normalized spacial score (nSPS) is 27.7. The zero-order valence-electron chi connectivity index (χ0n) is 9.70. The Hall–Kier alpha value is -0.380. The lowest BCUT2D eigenvalue weighted by molar-refractivity contribution is 0.346. The molecule has 2 nitrogen and oxygen atoms in total. The maximum absolute atomic E-state index is 6.27. The van der Waals surface area contributed by atoms with Gasteiger partial charge in [0.1, 0.15) is 0 Å². The van der Waals surface area contributed by atoms with E-state index in [9.17, 15) is 0 Å². The van der Waals surface area contributed by atoms with E-state index in [4.69, 9.17) is 5.73 Å². The van der Waals surface area contributed by atoms with Crippen molar-refractivity contribution in [2.45, 2.75) is 24.8 Å². The van der Waals surface area contributed by atoms with Crippen LogP contribution in [0.3, 0.4) is 0 Å². The molecule has 0 aliphatic carbocycles. The van der Waals surface area contributed by atoms with Crippen molar-refractivity contribution in [3.05, 3.63) is 34.3 Å². The van der Waals surface area contributed by atoms with Gasteiger partial charge in [-0.3, -0.25) is 0 Å². The van der Waals surface area contributed by atoms with Gasteiger partial charge in [0.25, 0.3) is 0 Å². The third-order valence-corrected chi connectivity index (χ3v) is 4.01. The van der Waals surface area contributed by atoms with Crippen LogP contribution in [-0.2, 0) is 0 Å². The number of hydrogen-bond donors (Lipinski definition) is 1. The highest BCUT2D eigenvalue weighted by Gasteiger charge is 2.23. The van der Waals surface area contributed by atoms with E-state index in [1.165, 1.54) is 12.0 Å². The molecule has 0 saturated carbocycles. The molecule has 1 aliphatic rings. The topological polar surface area (TPSA) is 29.3 Å². The van der Waals surface area contributed by atoms with Crippen molar-refractivity contribution >= 4 is 15.9 Å².